The molecule has 2 rings (SSSR count). The zero-order valence-electron chi connectivity index (χ0n) is 13.7. The van der Waals surface area contributed by atoms with Gasteiger partial charge in [-0.2, -0.15) is 0 Å². The van der Waals surface area contributed by atoms with Gasteiger partial charge in [-0.3, -0.25) is 4.90 Å². The first-order valence-corrected chi connectivity index (χ1v) is 7.37. The minimum absolute atomic E-state index is 0.0880. The van der Waals surface area contributed by atoms with Crippen LogP contribution in [0.1, 0.15) is 53.1 Å². The maximum atomic E-state index is 12.6. The number of hydrogen-bond donors (Lipinski definition) is 0. The molecule has 1 fully saturated rings. The van der Waals surface area contributed by atoms with Gasteiger partial charge in [-0.1, -0.05) is 30.3 Å². The number of nitrogens with zero attached hydrogens (tertiary/aromatic N) is 1. The molecule has 0 N–H and O–H groups in total. The highest BCUT2D eigenvalue weighted by atomic mass is 16.6. The van der Waals surface area contributed by atoms with Gasteiger partial charge in [0.1, 0.15) is 11.3 Å². The topological polar surface area (TPSA) is 38.8 Å². The number of benzene rings is 1. The average Bonchev–Trinajstić information content (AvgIpc) is 2.57. The van der Waals surface area contributed by atoms with Gasteiger partial charge in [0, 0.05) is 0 Å². The van der Waals surface area contributed by atoms with Crippen LogP contribution in [-0.2, 0) is 9.47 Å². The van der Waals surface area contributed by atoms with Crippen molar-refractivity contribution < 1.29 is 14.3 Å². The molecule has 21 heavy (non-hydrogen) atoms. The van der Waals surface area contributed by atoms with Crippen LogP contribution in [0.5, 0.6) is 0 Å². The molecule has 0 unspecified atom stereocenters. The van der Waals surface area contributed by atoms with Crippen LogP contribution >= 0.6 is 0 Å². The molecule has 4 nitrogen and oxygen atoms in total. The van der Waals surface area contributed by atoms with Crippen molar-refractivity contribution >= 4 is 6.09 Å². The fraction of sp³-hybridized carbons (Fsp3) is 0.588. The summed E-state index contributed by atoms with van der Waals surface area (Å²) in [6, 6.07) is 9.80. The smallest absolute Gasteiger partial charge is 0.413 e. The van der Waals surface area contributed by atoms with Gasteiger partial charge in [-0.15, -0.1) is 0 Å². The number of hydrogen-bond acceptors (Lipinski definition) is 3. The van der Waals surface area contributed by atoms with Crippen molar-refractivity contribution in [2.75, 3.05) is 0 Å². The molecule has 0 spiro atoms. The van der Waals surface area contributed by atoms with E-state index in [4.69, 9.17) is 9.47 Å². The van der Waals surface area contributed by atoms with E-state index in [2.05, 4.69) is 0 Å². The predicted molar refractivity (Wildman–Crippen MR) is 81.9 cm³/mol. The molecule has 1 saturated heterocycles. The molecule has 0 bridgehead atoms. The van der Waals surface area contributed by atoms with Crippen LogP contribution in [0.4, 0.5) is 4.79 Å². The van der Waals surface area contributed by atoms with E-state index in [0.29, 0.717) is 0 Å². The van der Waals surface area contributed by atoms with E-state index in [-0.39, 0.29) is 18.2 Å². The number of rotatable bonds is 1. The molecular weight excluding hydrogens is 266 g/mol. The lowest BCUT2D eigenvalue weighted by Crippen LogP contribution is -2.47. The first-order valence-electron chi connectivity index (χ1n) is 7.37. The van der Waals surface area contributed by atoms with E-state index < -0.39 is 11.3 Å². The molecular formula is C17H25NO3. The van der Waals surface area contributed by atoms with Gasteiger partial charge in [-0.05, 0) is 47.1 Å². The third-order valence-corrected chi connectivity index (χ3v) is 3.51. The molecule has 1 aliphatic rings. The SMILES string of the molecule is C[C@H]1OC(C)(C)N(C(=O)OC(C)(C)C)[C@@H]1c1ccccc1. The van der Waals surface area contributed by atoms with Gasteiger partial charge < -0.3 is 9.47 Å². The quantitative estimate of drug-likeness (QED) is 0.781. The molecule has 1 amide bonds. The summed E-state index contributed by atoms with van der Waals surface area (Å²) in [5, 5.41) is 0. The third-order valence-electron chi connectivity index (χ3n) is 3.51. The summed E-state index contributed by atoms with van der Waals surface area (Å²) in [7, 11) is 0. The Kier molecular flexibility index (Phi) is 4.02. The Labute approximate surface area is 127 Å². The van der Waals surface area contributed by atoms with Gasteiger partial charge >= 0.3 is 6.09 Å². The Hall–Kier alpha value is -1.55. The van der Waals surface area contributed by atoms with Crippen LogP contribution in [0, 0.1) is 0 Å². The highest BCUT2D eigenvalue weighted by Crippen LogP contribution is 2.42. The van der Waals surface area contributed by atoms with Crippen LogP contribution in [0.3, 0.4) is 0 Å². The second-order valence-corrected chi connectivity index (χ2v) is 6.98. The average molecular weight is 291 g/mol. The predicted octanol–water partition coefficient (Wildman–Crippen LogP) is 4.12. The van der Waals surface area contributed by atoms with E-state index in [1.807, 2.05) is 71.9 Å². The van der Waals surface area contributed by atoms with Gasteiger partial charge in [0.05, 0.1) is 12.1 Å². The fourth-order valence-electron chi connectivity index (χ4n) is 2.84. The molecule has 2 atom stereocenters. The van der Waals surface area contributed by atoms with Crippen LogP contribution in [0.2, 0.25) is 0 Å². The summed E-state index contributed by atoms with van der Waals surface area (Å²) in [5.41, 5.74) is -0.163. The molecule has 1 aliphatic heterocycles. The summed E-state index contributed by atoms with van der Waals surface area (Å²) in [6.07, 6.45) is -0.430. The Morgan fingerprint density at radius 2 is 1.81 bits per heavy atom. The number of carbonyl (C=O) groups is 1. The number of carbonyl (C=O) groups excluding carboxylic acids is 1. The molecule has 116 valence electrons. The first kappa shape index (κ1) is 15.8. The van der Waals surface area contributed by atoms with E-state index in [1.165, 1.54) is 0 Å². The Bertz CT molecular complexity index is 505. The van der Waals surface area contributed by atoms with Crippen LogP contribution in [0.25, 0.3) is 0 Å². The lowest BCUT2D eigenvalue weighted by atomic mass is 10.0. The Morgan fingerprint density at radius 3 is 2.33 bits per heavy atom. The summed E-state index contributed by atoms with van der Waals surface area (Å²) in [4.78, 5) is 14.3. The second-order valence-electron chi connectivity index (χ2n) is 6.98. The molecule has 1 aromatic rings. The largest absolute Gasteiger partial charge is 0.444 e. The molecule has 1 heterocycles. The van der Waals surface area contributed by atoms with Gasteiger partial charge in [0.2, 0.25) is 0 Å². The van der Waals surface area contributed by atoms with Crippen molar-refractivity contribution in [3.05, 3.63) is 35.9 Å². The Morgan fingerprint density at radius 1 is 1.24 bits per heavy atom. The Balaban J connectivity index is 2.35. The standard InChI is InChI=1S/C17H25NO3/c1-12-14(13-10-8-7-9-11-13)18(17(5,6)20-12)15(19)21-16(2,3)4/h7-12,14H,1-6H3/t12-,14+/m1/s1. The van der Waals surface area contributed by atoms with Crippen molar-refractivity contribution in [2.24, 2.45) is 0 Å². The van der Waals surface area contributed by atoms with E-state index in [0.717, 1.165) is 5.56 Å². The fourth-order valence-corrected chi connectivity index (χ4v) is 2.84. The normalized spacial score (nSPS) is 25.0. The van der Waals surface area contributed by atoms with E-state index in [9.17, 15) is 4.79 Å². The van der Waals surface area contributed by atoms with Gasteiger partial charge in [0.25, 0.3) is 0 Å². The van der Waals surface area contributed by atoms with Crippen molar-refractivity contribution in [2.45, 2.75) is 65.0 Å². The molecule has 0 aromatic heterocycles. The maximum absolute atomic E-state index is 12.6. The number of amides is 1. The van der Waals surface area contributed by atoms with Crippen LogP contribution < -0.4 is 0 Å². The summed E-state index contributed by atoms with van der Waals surface area (Å²) < 4.78 is 11.6. The minimum atomic E-state index is -0.692. The molecule has 0 saturated carbocycles. The van der Waals surface area contributed by atoms with Crippen LogP contribution in [0.15, 0.2) is 30.3 Å². The van der Waals surface area contributed by atoms with Crippen molar-refractivity contribution in [3.63, 3.8) is 0 Å². The third kappa shape index (κ3) is 3.38. The lowest BCUT2D eigenvalue weighted by Gasteiger charge is -2.35. The van der Waals surface area contributed by atoms with Crippen molar-refractivity contribution in [1.29, 1.82) is 0 Å². The highest BCUT2D eigenvalue weighted by molar-refractivity contribution is 5.70. The second kappa shape index (κ2) is 5.34. The maximum Gasteiger partial charge on any atom is 0.413 e. The monoisotopic (exact) mass is 291 g/mol. The first-order chi connectivity index (χ1) is 9.62. The van der Waals surface area contributed by atoms with Gasteiger partial charge in [0.15, 0.2) is 0 Å². The molecule has 1 aromatic carbocycles. The lowest BCUT2D eigenvalue weighted by molar-refractivity contribution is -0.0757. The van der Waals surface area contributed by atoms with Crippen LogP contribution in [-0.4, -0.2) is 28.4 Å². The van der Waals surface area contributed by atoms with Crippen molar-refractivity contribution in [3.8, 4) is 0 Å². The molecule has 0 radical (unpaired) electrons. The molecule has 0 aliphatic carbocycles. The zero-order chi connectivity index (χ0) is 15.8. The van der Waals surface area contributed by atoms with E-state index >= 15 is 0 Å². The summed E-state index contributed by atoms with van der Waals surface area (Å²) >= 11 is 0. The summed E-state index contributed by atoms with van der Waals surface area (Å²) in [6.45, 7) is 11.4. The molecule has 4 heteroatoms. The van der Waals surface area contributed by atoms with Gasteiger partial charge in [-0.25, -0.2) is 4.79 Å². The van der Waals surface area contributed by atoms with Crippen molar-refractivity contribution in [1.82, 2.24) is 4.90 Å². The highest BCUT2D eigenvalue weighted by Gasteiger charge is 2.50. The minimum Gasteiger partial charge on any atom is -0.444 e. The van der Waals surface area contributed by atoms with E-state index in [1.54, 1.807) is 4.90 Å². The zero-order valence-corrected chi connectivity index (χ0v) is 13.7. The summed E-state index contributed by atoms with van der Waals surface area (Å²) in [5.74, 6) is 0. The number of ether oxygens (including phenoxy) is 2.